The SMILES string of the molecule is COc1cc(C[NH2+]Cc2c3ccccc3cc3ccccc23)cc(OC)c1.F[P-](F)(F)(F)(F)F. The molecule has 4 aromatic rings. The number of fused-ring (bicyclic) bond motifs is 2. The Kier molecular flexibility index (Phi) is 6.75. The van der Waals surface area contributed by atoms with Crippen molar-refractivity contribution in [2.24, 2.45) is 0 Å². The summed E-state index contributed by atoms with van der Waals surface area (Å²) in [6.45, 7) is 1.78. The van der Waals surface area contributed by atoms with E-state index in [0.717, 1.165) is 24.6 Å². The molecule has 0 fully saturated rings. The van der Waals surface area contributed by atoms with Crippen LogP contribution in [0.25, 0.3) is 21.5 Å². The molecule has 0 bridgehead atoms. The number of halogens is 6. The zero-order valence-electron chi connectivity index (χ0n) is 18.5. The molecule has 0 aromatic heterocycles. The summed E-state index contributed by atoms with van der Waals surface area (Å²) < 4.78 is 70.0. The molecule has 10 heteroatoms. The van der Waals surface area contributed by atoms with Crippen molar-refractivity contribution < 1.29 is 40.0 Å². The maximum atomic E-state index is 9.87. The molecular weight excluding hydrogens is 479 g/mol. The third-order valence-electron chi connectivity index (χ3n) is 5.02. The molecule has 34 heavy (non-hydrogen) atoms. The van der Waals surface area contributed by atoms with Crippen LogP contribution in [0.4, 0.5) is 25.2 Å². The van der Waals surface area contributed by atoms with E-state index in [0.29, 0.717) is 0 Å². The van der Waals surface area contributed by atoms with Crippen LogP contribution in [-0.4, -0.2) is 14.2 Å². The molecule has 0 saturated heterocycles. The van der Waals surface area contributed by atoms with Crippen LogP contribution in [0.5, 0.6) is 11.5 Å². The Morgan fingerprint density at radius 1 is 0.647 bits per heavy atom. The molecule has 0 spiro atoms. The van der Waals surface area contributed by atoms with Crippen LogP contribution in [0.3, 0.4) is 0 Å². The number of hydrogen-bond donors (Lipinski definition) is 1. The summed E-state index contributed by atoms with van der Waals surface area (Å²) in [7, 11) is -7.29. The Labute approximate surface area is 192 Å². The average molecular weight is 503 g/mol. The molecule has 0 heterocycles. The first kappa shape index (κ1) is 25.6. The predicted molar refractivity (Wildman–Crippen MR) is 124 cm³/mol. The van der Waals surface area contributed by atoms with Crippen LogP contribution in [0.1, 0.15) is 11.1 Å². The zero-order valence-corrected chi connectivity index (χ0v) is 19.3. The van der Waals surface area contributed by atoms with Crippen LogP contribution in [-0.2, 0) is 13.1 Å². The molecule has 0 radical (unpaired) electrons. The van der Waals surface area contributed by atoms with Crippen LogP contribution in [0.15, 0.2) is 72.8 Å². The second-order valence-electron chi connectivity index (χ2n) is 7.67. The fraction of sp³-hybridized carbons (Fsp3) is 0.167. The Morgan fingerprint density at radius 2 is 1.09 bits per heavy atom. The van der Waals surface area contributed by atoms with Gasteiger partial charge in [-0.1, -0.05) is 48.5 Å². The van der Waals surface area contributed by atoms with Crippen molar-refractivity contribution in [3.05, 3.63) is 83.9 Å². The summed E-state index contributed by atoms with van der Waals surface area (Å²) in [6, 6.07) is 25.6. The fourth-order valence-corrected chi connectivity index (χ4v) is 3.70. The second kappa shape index (κ2) is 8.96. The van der Waals surface area contributed by atoms with Crippen molar-refractivity contribution in [3.8, 4) is 11.5 Å². The van der Waals surface area contributed by atoms with E-state index >= 15 is 0 Å². The van der Waals surface area contributed by atoms with Crippen LogP contribution < -0.4 is 14.8 Å². The van der Waals surface area contributed by atoms with Crippen LogP contribution in [0.2, 0.25) is 0 Å². The summed E-state index contributed by atoms with van der Waals surface area (Å²) in [5.41, 5.74) is 2.58. The van der Waals surface area contributed by atoms with Gasteiger partial charge in [0.05, 0.1) is 14.2 Å². The van der Waals surface area contributed by atoms with E-state index < -0.39 is 7.81 Å². The summed E-state index contributed by atoms with van der Waals surface area (Å²) >= 11 is 0. The predicted octanol–water partition coefficient (Wildman–Crippen LogP) is 7.66. The van der Waals surface area contributed by atoms with Crippen molar-refractivity contribution in [1.82, 2.24) is 0 Å². The minimum atomic E-state index is -10.7. The van der Waals surface area contributed by atoms with Crippen LogP contribution >= 0.6 is 7.81 Å². The van der Waals surface area contributed by atoms with E-state index in [-0.39, 0.29) is 0 Å². The van der Waals surface area contributed by atoms with E-state index in [9.17, 15) is 25.2 Å². The molecule has 4 rings (SSSR count). The molecule has 0 saturated carbocycles. The number of hydrogen-bond acceptors (Lipinski definition) is 2. The van der Waals surface area contributed by atoms with Gasteiger partial charge in [0.2, 0.25) is 0 Å². The van der Waals surface area contributed by atoms with Gasteiger partial charge in [-0.05, 0) is 39.7 Å². The Balaban J connectivity index is 0.000000406. The monoisotopic (exact) mass is 503 g/mol. The van der Waals surface area contributed by atoms with Crippen molar-refractivity contribution in [2.75, 3.05) is 14.2 Å². The number of methoxy groups -OCH3 is 2. The molecule has 0 aliphatic rings. The zero-order chi connectivity index (χ0) is 25.0. The van der Waals surface area contributed by atoms with Gasteiger partial charge >= 0.3 is 33.0 Å². The molecule has 4 aromatic carbocycles. The number of rotatable bonds is 6. The molecule has 0 aliphatic heterocycles. The normalized spacial score (nSPS) is 13.5. The van der Waals surface area contributed by atoms with Gasteiger partial charge in [-0.3, -0.25) is 0 Å². The molecule has 3 nitrogen and oxygen atoms in total. The second-order valence-corrected chi connectivity index (χ2v) is 9.59. The topological polar surface area (TPSA) is 35.1 Å². The molecule has 0 unspecified atom stereocenters. The number of quaternary nitrogens is 1. The van der Waals surface area contributed by atoms with Crippen molar-refractivity contribution in [2.45, 2.75) is 13.1 Å². The number of ether oxygens (including phenoxy) is 2. The minimum absolute atomic E-state index is 0.827. The standard InChI is InChI=1S/C24H23NO2.F6P/c1-26-20-11-17(12-21(14-20)27-2)15-25-16-24-22-9-5-3-7-18(22)13-19-8-4-6-10-23(19)24;1-7(2,3,4,5)6/h3-14,25H,15-16H2,1-2H3;/q;-1/p+1. The molecule has 184 valence electrons. The quantitative estimate of drug-likeness (QED) is 0.167. The molecule has 2 N–H and O–H groups in total. The Morgan fingerprint density at radius 3 is 1.53 bits per heavy atom. The van der Waals surface area contributed by atoms with Crippen molar-refractivity contribution >= 4 is 29.4 Å². The van der Waals surface area contributed by atoms with Crippen molar-refractivity contribution in [1.29, 1.82) is 0 Å². The first-order valence-electron chi connectivity index (χ1n) is 10.2. The Bertz CT molecular complexity index is 1220. The van der Waals surface area contributed by atoms with E-state index in [4.69, 9.17) is 9.47 Å². The maximum absolute atomic E-state index is 10.7. The van der Waals surface area contributed by atoms with Gasteiger partial charge in [0, 0.05) is 17.2 Å². The average Bonchev–Trinajstić information content (AvgIpc) is 2.76. The van der Waals surface area contributed by atoms with Gasteiger partial charge in [0.25, 0.3) is 0 Å². The van der Waals surface area contributed by atoms with E-state index in [1.807, 2.05) is 6.07 Å². The van der Waals surface area contributed by atoms with Gasteiger partial charge in [-0.2, -0.15) is 0 Å². The van der Waals surface area contributed by atoms with E-state index in [1.54, 1.807) is 14.2 Å². The third-order valence-corrected chi connectivity index (χ3v) is 5.02. The summed E-state index contributed by atoms with van der Waals surface area (Å²) in [4.78, 5) is 0. The molecule has 0 amide bonds. The first-order chi connectivity index (χ1) is 15.7. The summed E-state index contributed by atoms with van der Waals surface area (Å²) in [5, 5.41) is 7.58. The Hall–Kier alpha value is -3.03. The van der Waals surface area contributed by atoms with Gasteiger partial charge in [0.1, 0.15) is 24.6 Å². The summed E-state index contributed by atoms with van der Waals surface area (Å²) in [5.74, 6) is 1.65. The fourth-order valence-electron chi connectivity index (χ4n) is 3.70. The van der Waals surface area contributed by atoms with Gasteiger partial charge in [-0.25, -0.2) is 0 Å². The molecular formula is C24H24F6NO2P. The number of benzene rings is 4. The summed E-state index contributed by atoms with van der Waals surface area (Å²) in [6.07, 6.45) is 0. The van der Waals surface area contributed by atoms with Crippen LogP contribution in [0, 0.1) is 0 Å². The first-order valence-corrected chi connectivity index (χ1v) is 12.3. The molecule has 0 aliphatic carbocycles. The van der Waals surface area contributed by atoms with Gasteiger partial charge in [0.15, 0.2) is 0 Å². The molecule has 0 atom stereocenters. The van der Waals surface area contributed by atoms with E-state index in [2.05, 4.69) is 72.0 Å². The van der Waals surface area contributed by atoms with Crippen molar-refractivity contribution in [3.63, 3.8) is 0 Å². The number of nitrogens with two attached hydrogens (primary N) is 1. The van der Waals surface area contributed by atoms with Gasteiger partial charge in [-0.15, -0.1) is 0 Å². The van der Waals surface area contributed by atoms with Gasteiger partial charge < -0.3 is 14.8 Å². The third kappa shape index (κ3) is 8.08. The van der Waals surface area contributed by atoms with E-state index in [1.165, 1.54) is 32.7 Å².